The maximum absolute atomic E-state index is 12.8. The van der Waals surface area contributed by atoms with Crippen LogP contribution < -0.4 is 5.32 Å². The van der Waals surface area contributed by atoms with Crippen LogP contribution in [0.4, 0.5) is 4.79 Å². The molecule has 2 aromatic rings. The lowest BCUT2D eigenvalue weighted by molar-refractivity contribution is -0.131. The normalized spacial score (nSPS) is 20.7. The second kappa shape index (κ2) is 5.70. The molecule has 118 valence electrons. The molecule has 1 aliphatic rings. The predicted octanol–water partition coefficient (Wildman–Crippen LogP) is 3.62. The van der Waals surface area contributed by atoms with Gasteiger partial charge in [-0.15, -0.1) is 0 Å². The topological polar surface area (TPSA) is 49.4 Å². The highest BCUT2D eigenvalue weighted by Gasteiger charge is 2.48. The number of amides is 3. The average Bonchev–Trinajstić information content (AvgIpc) is 2.74. The molecule has 1 N–H and O–H groups in total. The molecule has 0 bridgehead atoms. The van der Waals surface area contributed by atoms with Gasteiger partial charge in [0.1, 0.15) is 5.54 Å². The Kier molecular flexibility index (Phi) is 3.86. The minimum absolute atomic E-state index is 0.256. The summed E-state index contributed by atoms with van der Waals surface area (Å²) in [5.41, 5.74) is 1.65. The largest absolute Gasteiger partial charge is 0.325 e. The first-order chi connectivity index (χ1) is 10.9. The van der Waals surface area contributed by atoms with Gasteiger partial charge in [-0.05, 0) is 42.7 Å². The Morgan fingerprint density at radius 1 is 1.09 bits per heavy atom. The van der Waals surface area contributed by atoms with Crippen molar-refractivity contribution in [3.8, 4) is 0 Å². The SMILES string of the molecule is Cc1ccccc1CN1C(=O)NC(C)(c2ccc(Cl)cc2)C1=O. The summed E-state index contributed by atoms with van der Waals surface area (Å²) in [6, 6.07) is 14.3. The quantitative estimate of drug-likeness (QED) is 0.875. The molecule has 1 fully saturated rings. The van der Waals surface area contributed by atoms with Crippen LogP contribution in [0.3, 0.4) is 0 Å². The fraction of sp³-hybridized carbons (Fsp3) is 0.222. The highest BCUT2D eigenvalue weighted by molar-refractivity contribution is 6.30. The number of carbonyl (C=O) groups excluding carboxylic acids is 2. The third-order valence-corrected chi connectivity index (χ3v) is 4.54. The number of rotatable bonds is 3. The number of benzene rings is 2. The third-order valence-electron chi connectivity index (χ3n) is 4.29. The van der Waals surface area contributed by atoms with Gasteiger partial charge < -0.3 is 5.32 Å². The lowest BCUT2D eigenvalue weighted by Gasteiger charge is -2.22. The summed E-state index contributed by atoms with van der Waals surface area (Å²) in [6.45, 7) is 3.95. The number of hydrogen-bond acceptors (Lipinski definition) is 2. The van der Waals surface area contributed by atoms with Crippen molar-refractivity contribution < 1.29 is 9.59 Å². The minimum Gasteiger partial charge on any atom is -0.319 e. The molecule has 4 nitrogen and oxygen atoms in total. The van der Waals surface area contributed by atoms with Gasteiger partial charge in [0.2, 0.25) is 0 Å². The first kappa shape index (κ1) is 15.6. The lowest BCUT2D eigenvalue weighted by Crippen LogP contribution is -2.40. The van der Waals surface area contributed by atoms with Crippen LogP contribution in [0.25, 0.3) is 0 Å². The number of urea groups is 1. The summed E-state index contributed by atoms with van der Waals surface area (Å²) in [5, 5.41) is 3.39. The second-order valence-electron chi connectivity index (χ2n) is 5.88. The van der Waals surface area contributed by atoms with Crippen LogP contribution in [0.2, 0.25) is 5.02 Å². The maximum Gasteiger partial charge on any atom is 0.325 e. The molecule has 3 rings (SSSR count). The Hall–Kier alpha value is -2.33. The molecule has 1 heterocycles. The summed E-state index contributed by atoms with van der Waals surface area (Å²) in [5.74, 6) is -0.256. The van der Waals surface area contributed by atoms with Gasteiger partial charge in [-0.1, -0.05) is 48.0 Å². The van der Waals surface area contributed by atoms with Gasteiger partial charge in [-0.3, -0.25) is 9.69 Å². The monoisotopic (exact) mass is 328 g/mol. The van der Waals surface area contributed by atoms with Crippen molar-refractivity contribution in [3.05, 3.63) is 70.2 Å². The van der Waals surface area contributed by atoms with E-state index < -0.39 is 5.54 Å². The van der Waals surface area contributed by atoms with Gasteiger partial charge in [0.15, 0.2) is 0 Å². The molecule has 1 unspecified atom stereocenters. The van der Waals surface area contributed by atoms with E-state index in [0.29, 0.717) is 10.6 Å². The van der Waals surface area contributed by atoms with Crippen LogP contribution in [0, 0.1) is 6.92 Å². The molecule has 0 aromatic heterocycles. The second-order valence-corrected chi connectivity index (χ2v) is 6.32. The number of aryl methyl sites for hydroxylation is 1. The summed E-state index contributed by atoms with van der Waals surface area (Å²) >= 11 is 5.90. The van der Waals surface area contributed by atoms with Gasteiger partial charge in [0.05, 0.1) is 6.54 Å². The van der Waals surface area contributed by atoms with Crippen molar-refractivity contribution in [1.82, 2.24) is 10.2 Å². The number of hydrogen-bond donors (Lipinski definition) is 1. The summed E-state index contributed by atoms with van der Waals surface area (Å²) in [7, 11) is 0. The number of nitrogens with zero attached hydrogens (tertiary/aromatic N) is 1. The first-order valence-corrected chi connectivity index (χ1v) is 7.74. The number of imide groups is 1. The van der Waals surface area contributed by atoms with Crippen molar-refractivity contribution in [3.63, 3.8) is 0 Å². The van der Waals surface area contributed by atoms with Crippen LogP contribution >= 0.6 is 11.6 Å². The molecule has 5 heteroatoms. The molecule has 23 heavy (non-hydrogen) atoms. The van der Waals surface area contributed by atoms with E-state index in [1.807, 2.05) is 31.2 Å². The first-order valence-electron chi connectivity index (χ1n) is 7.36. The van der Waals surface area contributed by atoms with E-state index in [1.54, 1.807) is 31.2 Å². The molecule has 0 saturated carbocycles. The molecular formula is C18H17ClN2O2. The van der Waals surface area contributed by atoms with E-state index >= 15 is 0 Å². The Bertz CT molecular complexity index is 773. The van der Waals surface area contributed by atoms with Crippen LogP contribution in [-0.2, 0) is 16.9 Å². The zero-order valence-corrected chi connectivity index (χ0v) is 13.7. The van der Waals surface area contributed by atoms with Gasteiger partial charge in [-0.25, -0.2) is 4.79 Å². The highest BCUT2D eigenvalue weighted by Crippen LogP contribution is 2.30. The summed E-state index contributed by atoms with van der Waals surface area (Å²) in [4.78, 5) is 26.4. The van der Waals surface area contributed by atoms with E-state index in [2.05, 4.69) is 5.32 Å². The van der Waals surface area contributed by atoms with E-state index in [0.717, 1.165) is 11.1 Å². The molecule has 0 radical (unpaired) electrons. The fourth-order valence-corrected chi connectivity index (χ4v) is 2.90. The zero-order chi connectivity index (χ0) is 16.6. The average molecular weight is 329 g/mol. The van der Waals surface area contributed by atoms with E-state index in [1.165, 1.54) is 4.90 Å². The van der Waals surface area contributed by atoms with Crippen LogP contribution in [0.1, 0.15) is 23.6 Å². The smallest absolute Gasteiger partial charge is 0.319 e. The fourth-order valence-electron chi connectivity index (χ4n) is 2.78. The third kappa shape index (κ3) is 2.70. The molecule has 1 aliphatic heterocycles. The number of nitrogens with one attached hydrogen (secondary N) is 1. The van der Waals surface area contributed by atoms with Crippen LogP contribution in [0.15, 0.2) is 48.5 Å². The Labute approximate surface area is 140 Å². The van der Waals surface area contributed by atoms with Gasteiger partial charge in [0, 0.05) is 5.02 Å². The Morgan fingerprint density at radius 3 is 2.39 bits per heavy atom. The molecule has 0 aliphatic carbocycles. The molecular weight excluding hydrogens is 312 g/mol. The van der Waals surface area contributed by atoms with Crippen molar-refractivity contribution >= 4 is 23.5 Å². The molecule has 2 aromatic carbocycles. The number of halogens is 1. The van der Waals surface area contributed by atoms with Gasteiger partial charge >= 0.3 is 6.03 Å². The molecule has 3 amide bonds. The van der Waals surface area contributed by atoms with Crippen molar-refractivity contribution in [2.45, 2.75) is 25.9 Å². The van der Waals surface area contributed by atoms with Crippen molar-refractivity contribution in [2.24, 2.45) is 0 Å². The Balaban J connectivity index is 1.90. The Morgan fingerprint density at radius 2 is 1.74 bits per heavy atom. The van der Waals surface area contributed by atoms with E-state index in [-0.39, 0.29) is 18.5 Å². The minimum atomic E-state index is -1.07. The molecule has 1 atom stereocenters. The molecule has 1 saturated heterocycles. The summed E-state index contributed by atoms with van der Waals surface area (Å²) in [6.07, 6.45) is 0. The maximum atomic E-state index is 12.8. The van der Waals surface area contributed by atoms with Gasteiger partial charge in [0.25, 0.3) is 5.91 Å². The van der Waals surface area contributed by atoms with E-state index in [4.69, 9.17) is 11.6 Å². The number of carbonyl (C=O) groups is 2. The van der Waals surface area contributed by atoms with Crippen molar-refractivity contribution in [1.29, 1.82) is 0 Å². The van der Waals surface area contributed by atoms with E-state index in [9.17, 15) is 9.59 Å². The van der Waals surface area contributed by atoms with Crippen molar-refractivity contribution in [2.75, 3.05) is 0 Å². The van der Waals surface area contributed by atoms with Crippen LogP contribution in [0.5, 0.6) is 0 Å². The molecule has 0 spiro atoms. The predicted molar refractivity (Wildman–Crippen MR) is 89.1 cm³/mol. The standard InChI is InChI=1S/C18H17ClN2O2/c1-12-5-3-4-6-13(12)11-21-16(22)18(2,20-17(21)23)14-7-9-15(19)10-8-14/h3-10H,11H2,1-2H3,(H,20,23). The lowest BCUT2D eigenvalue weighted by atomic mass is 9.92. The highest BCUT2D eigenvalue weighted by atomic mass is 35.5. The summed E-state index contributed by atoms with van der Waals surface area (Å²) < 4.78 is 0. The van der Waals surface area contributed by atoms with Gasteiger partial charge in [-0.2, -0.15) is 0 Å². The van der Waals surface area contributed by atoms with Crippen LogP contribution in [-0.4, -0.2) is 16.8 Å². The zero-order valence-electron chi connectivity index (χ0n) is 13.0.